The molecule has 6 nitrogen and oxygen atoms in total. The zero-order valence-corrected chi connectivity index (χ0v) is 18.9. The fourth-order valence-electron chi connectivity index (χ4n) is 4.08. The first-order chi connectivity index (χ1) is 14.0. The summed E-state index contributed by atoms with van der Waals surface area (Å²) in [6, 6.07) is 9.09. The van der Waals surface area contributed by atoms with E-state index in [1.807, 2.05) is 44.2 Å². The summed E-state index contributed by atoms with van der Waals surface area (Å²) >= 11 is 0. The summed E-state index contributed by atoms with van der Waals surface area (Å²) in [5.41, 5.74) is -0.156. The van der Waals surface area contributed by atoms with Gasteiger partial charge < -0.3 is 15.4 Å². The highest BCUT2D eigenvalue weighted by molar-refractivity contribution is 5.95. The van der Waals surface area contributed by atoms with Gasteiger partial charge in [0.1, 0.15) is 11.6 Å². The van der Waals surface area contributed by atoms with Crippen molar-refractivity contribution in [2.45, 2.75) is 83.8 Å². The van der Waals surface area contributed by atoms with Crippen molar-refractivity contribution in [1.82, 2.24) is 10.6 Å². The van der Waals surface area contributed by atoms with E-state index in [4.69, 9.17) is 4.74 Å². The van der Waals surface area contributed by atoms with Crippen LogP contribution in [-0.2, 0) is 19.7 Å². The first-order valence-corrected chi connectivity index (χ1v) is 10.9. The van der Waals surface area contributed by atoms with Crippen LogP contribution in [-0.4, -0.2) is 36.0 Å². The summed E-state index contributed by atoms with van der Waals surface area (Å²) < 4.78 is 5.28. The van der Waals surface area contributed by atoms with Crippen LogP contribution < -0.4 is 10.6 Å². The molecule has 0 aromatic heterocycles. The molecule has 1 aromatic carbocycles. The monoisotopic (exact) mass is 416 g/mol. The third-order valence-electron chi connectivity index (χ3n) is 5.45. The van der Waals surface area contributed by atoms with Crippen LogP contribution in [0.4, 0.5) is 4.79 Å². The molecule has 30 heavy (non-hydrogen) atoms. The van der Waals surface area contributed by atoms with Crippen LogP contribution in [0.2, 0.25) is 0 Å². The first kappa shape index (κ1) is 23.9. The van der Waals surface area contributed by atoms with Gasteiger partial charge in [-0.25, -0.2) is 4.79 Å². The molecule has 1 saturated carbocycles. The molecule has 2 N–H and O–H groups in total. The van der Waals surface area contributed by atoms with Crippen molar-refractivity contribution in [2.75, 3.05) is 6.54 Å². The summed E-state index contributed by atoms with van der Waals surface area (Å²) in [5.74, 6) is -0.138. The molecule has 2 rings (SSSR count). The first-order valence-electron chi connectivity index (χ1n) is 10.9. The Balaban J connectivity index is 2.04. The molecule has 0 saturated heterocycles. The van der Waals surface area contributed by atoms with E-state index in [2.05, 4.69) is 10.6 Å². The van der Waals surface area contributed by atoms with Gasteiger partial charge in [-0.05, 0) is 51.5 Å². The van der Waals surface area contributed by atoms with E-state index in [0.29, 0.717) is 6.42 Å². The van der Waals surface area contributed by atoms with Crippen LogP contribution in [0.25, 0.3) is 0 Å². The number of carbonyl (C=O) groups excluding carboxylic acids is 3. The van der Waals surface area contributed by atoms with Crippen molar-refractivity contribution in [2.24, 2.45) is 5.92 Å². The van der Waals surface area contributed by atoms with E-state index in [9.17, 15) is 14.4 Å². The fourth-order valence-corrected chi connectivity index (χ4v) is 4.08. The topological polar surface area (TPSA) is 84.5 Å². The number of ether oxygens (including phenoxy) is 1. The van der Waals surface area contributed by atoms with Crippen molar-refractivity contribution in [1.29, 1.82) is 0 Å². The average Bonchev–Trinajstić information content (AvgIpc) is 3.15. The van der Waals surface area contributed by atoms with Crippen LogP contribution in [0.5, 0.6) is 0 Å². The number of ketones is 1. The molecule has 1 aromatic rings. The van der Waals surface area contributed by atoms with Gasteiger partial charge in [-0.3, -0.25) is 9.59 Å². The predicted molar refractivity (Wildman–Crippen MR) is 117 cm³/mol. The molecule has 1 atom stereocenters. The van der Waals surface area contributed by atoms with Gasteiger partial charge in [0.05, 0.1) is 12.0 Å². The van der Waals surface area contributed by atoms with Crippen LogP contribution in [0, 0.1) is 5.92 Å². The Labute approximate surface area is 180 Å². The largest absolute Gasteiger partial charge is 0.444 e. The second-order valence-corrected chi connectivity index (χ2v) is 9.62. The molecule has 6 heteroatoms. The van der Waals surface area contributed by atoms with Crippen molar-refractivity contribution < 1.29 is 19.1 Å². The minimum Gasteiger partial charge on any atom is -0.444 e. The van der Waals surface area contributed by atoms with Gasteiger partial charge in [0, 0.05) is 0 Å². The lowest BCUT2D eigenvalue weighted by atomic mass is 9.75. The molecule has 2 amide bonds. The van der Waals surface area contributed by atoms with Crippen LogP contribution in [0.1, 0.15) is 72.3 Å². The van der Waals surface area contributed by atoms with Crippen molar-refractivity contribution in [3.05, 3.63) is 35.9 Å². The van der Waals surface area contributed by atoms with E-state index in [1.54, 1.807) is 20.8 Å². The lowest BCUT2D eigenvalue weighted by Gasteiger charge is -2.29. The molecule has 1 aliphatic carbocycles. The molecular weight excluding hydrogens is 380 g/mol. The van der Waals surface area contributed by atoms with Crippen LogP contribution >= 0.6 is 0 Å². The van der Waals surface area contributed by atoms with E-state index >= 15 is 0 Å². The Morgan fingerprint density at radius 3 is 2.20 bits per heavy atom. The van der Waals surface area contributed by atoms with Crippen molar-refractivity contribution in [3.63, 3.8) is 0 Å². The third kappa shape index (κ3) is 6.57. The number of hydrogen-bond acceptors (Lipinski definition) is 4. The molecule has 0 spiro atoms. The molecule has 1 unspecified atom stereocenters. The predicted octanol–water partition coefficient (Wildman–Crippen LogP) is 4.12. The summed E-state index contributed by atoms with van der Waals surface area (Å²) in [6.45, 7) is 9.22. The molecule has 0 radical (unpaired) electrons. The van der Waals surface area contributed by atoms with E-state index < -0.39 is 23.2 Å². The summed E-state index contributed by atoms with van der Waals surface area (Å²) in [7, 11) is 0. The minimum atomic E-state index is -0.746. The number of Topliss-reactive ketones (excluding diaryl/α,β-unsaturated/α-hetero) is 1. The number of rotatable bonds is 8. The molecular formula is C24H36N2O4. The SMILES string of the molecule is CC(C)CC(NC(=O)OC(C)(C)C)C(=O)NCC(=O)C1(c2ccccc2)CCCC1. The van der Waals surface area contributed by atoms with Crippen LogP contribution in [0.15, 0.2) is 30.3 Å². The molecule has 0 bridgehead atoms. The maximum absolute atomic E-state index is 13.2. The number of alkyl carbamates (subject to hydrolysis) is 1. The van der Waals surface area contributed by atoms with Crippen molar-refractivity contribution in [3.8, 4) is 0 Å². The molecule has 0 heterocycles. The van der Waals surface area contributed by atoms with Gasteiger partial charge in [0.2, 0.25) is 5.91 Å². The van der Waals surface area contributed by atoms with Gasteiger partial charge in [-0.15, -0.1) is 0 Å². The van der Waals surface area contributed by atoms with Crippen molar-refractivity contribution >= 4 is 17.8 Å². The maximum atomic E-state index is 13.2. The average molecular weight is 417 g/mol. The van der Waals surface area contributed by atoms with E-state index in [0.717, 1.165) is 31.2 Å². The van der Waals surface area contributed by atoms with E-state index in [1.165, 1.54) is 0 Å². The summed E-state index contributed by atoms with van der Waals surface area (Å²) in [4.78, 5) is 38.2. The summed E-state index contributed by atoms with van der Waals surface area (Å²) in [6.07, 6.45) is 3.44. The van der Waals surface area contributed by atoms with Gasteiger partial charge >= 0.3 is 6.09 Å². The minimum absolute atomic E-state index is 0.0279. The molecule has 0 aliphatic heterocycles. The third-order valence-corrected chi connectivity index (χ3v) is 5.45. The molecule has 1 aliphatic rings. The highest BCUT2D eigenvalue weighted by Crippen LogP contribution is 2.41. The zero-order valence-electron chi connectivity index (χ0n) is 18.9. The normalized spacial score (nSPS) is 16.7. The standard InChI is InChI=1S/C24H36N2O4/c1-17(2)15-19(26-22(29)30-23(3,4)5)21(28)25-16-20(27)24(13-9-10-14-24)18-11-7-6-8-12-18/h6-8,11-12,17,19H,9-10,13-16H2,1-5H3,(H,25,28)(H,26,29). The Hall–Kier alpha value is -2.37. The lowest BCUT2D eigenvalue weighted by Crippen LogP contribution is -2.51. The Morgan fingerprint density at radius 1 is 1.07 bits per heavy atom. The van der Waals surface area contributed by atoms with Gasteiger partial charge in [0.15, 0.2) is 5.78 Å². The van der Waals surface area contributed by atoms with E-state index in [-0.39, 0.29) is 24.2 Å². The molecule has 1 fully saturated rings. The smallest absolute Gasteiger partial charge is 0.408 e. The summed E-state index contributed by atoms with van der Waals surface area (Å²) in [5, 5.41) is 5.42. The fraction of sp³-hybridized carbons (Fsp3) is 0.625. The quantitative estimate of drug-likeness (QED) is 0.667. The number of nitrogens with one attached hydrogen (secondary N) is 2. The zero-order chi connectivity index (χ0) is 22.4. The van der Waals surface area contributed by atoms with Gasteiger partial charge in [-0.1, -0.05) is 57.0 Å². The highest BCUT2D eigenvalue weighted by Gasteiger charge is 2.42. The molecule has 166 valence electrons. The van der Waals surface area contributed by atoms with Crippen LogP contribution in [0.3, 0.4) is 0 Å². The Kier molecular flexibility index (Phi) is 8.04. The Morgan fingerprint density at radius 2 is 1.67 bits per heavy atom. The second kappa shape index (κ2) is 10.1. The highest BCUT2D eigenvalue weighted by atomic mass is 16.6. The number of carbonyl (C=O) groups is 3. The Bertz CT molecular complexity index is 731. The maximum Gasteiger partial charge on any atom is 0.408 e. The lowest BCUT2D eigenvalue weighted by molar-refractivity contribution is -0.129. The number of hydrogen-bond donors (Lipinski definition) is 2. The van der Waals surface area contributed by atoms with Gasteiger partial charge in [0.25, 0.3) is 0 Å². The van der Waals surface area contributed by atoms with Gasteiger partial charge in [-0.2, -0.15) is 0 Å². The second-order valence-electron chi connectivity index (χ2n) is 9.62. The number of benzene rings is 1. The number of amides is 2.